The first kappa shape index (κ1) is 12.8. The molecule has 0 bridgehead atoms. The van der Waals surface area contributed by atoms with E-state index in [0.717, 1.165) is 25.7 Å². The Bertz CT molecular complexity index is 213. The predicted molar refractivity (Wildman–Crippen MR) is 64.0 cm³/mol. The summed E-state index contributed by atoms with van der Waals surface area (Å²) in [6, 6.07) is 0. The molecular formula is C11H21NO2S. The van der Waals surface area contributed by atoms with Crippen molar-refractivity contribution in [1.29, 1.82) is 0 Å². The van der Waals surface area contributed by atoms with Gasteiger partial charge in [-0.25, -0.2) is 0 Å². The molecule has 88 valence electrons. The van der Waals surface area contributed by atoms with Crippen LogP contribution in [0, 0.1) is 5.92 Å². The summed E-state index contributed by atoms with van der Waals surface area (Å²) in [6.45, 7) is 2.63. The fourth-order valence-electron chi connectivity index (χ4n) is 1.92. The van der Waals surface area contributed by atoms with Crippen LogP contribution in [-0.2, 0) is 4.79 Å². The van der Waals surface area contributed by atoms with Gasteiger partial charge in [0.15, 0.2) is 0 Å². The van der Waals surface area contributed by atoms with Gasteiger partial charge in [0, 0.05) is 6.54 Å². The largest absolute Gasteiger partial charge is 0.388 e. The molecule has 1 aliphatic carbocycles. The maximum Gasteiger partial charge on any atom is 0.230 e. The number of thioether (sulfide) groups is 1. The highest BCUT2D eigenvalue weighted by Crippen LogP contribution is 2.31. The molecule has 1 fully saturated rings. The summed E-state index contributed by atoms with van der Waals surface area (Å²) in [5.74, 6) is 1.22. The minimum absolute atomic E-state index is 0.0227. The number of amides is 1. The third-order valence-electron chi connectivity index (χ3n) is 3.10. The van der Waals surface area contributed by atoms with E-state index in [0.29, 0.717) is 18.2 Å². The zero-order chi connectivity index (χ0) is 11.3. The van der Waals surface area contributed by atoms with Crippen molar-refractivity contribution in [2.75, 3.05) is 18.6 Å². The van der Waals surface area contributed by atoms with Crippen LogP contribution in [0.25, 0.3) is 0 Å². The number of hydrogen-bond donors (Lipinski definition) is 2. The lowest BCUT2D eigenvalue weighted by atomic mass is 9.79. The second kappa shape index (κ2) is 5.75. The van der Waals surface area contributed by atoms with Crippen LogP contribution in [0.3, 0.4) is 0 Å². The zero-order valence-electron chi connectivity index (χ0n) is 9.58. The number of aliphatic hydroxyl groups is 1. The van der Waals surface area contributed by atoms with E-state index in [4.69, 9.17) is 0 Å². The lowest BCUT2D eigenvalue weighted by Gasteiger charge is -2.34. The first-order valence-corrected chi connectivity index (χ1v) is 6.93. The Morgan fingerprint density at radius 2 is 2.13 bits per heavy atom. The van der Waals surface area contributed by atoms with Crippen LogP contribution in [0.2, 0.25) is 0 Å². The summed E-state index contributed by atoms with van der Waals surface area (Å²) in [4.78, 5) is 11.2. The molecule has 1 rings (SSSR count). The van der Waals surface area contributed by atoms with Gasteiger partial charge in [0.2, 0.25) is 5.91 Å². The molecular weight excluding hydrogens is 210 g/mol. The average Bonchev–Trinajstić information content (AvgIpc) is 2.21. The summed E-state index contributed by atoms with van der Waals surface area (Å²) in [5.41, 5.74) is -0.652. The van der Waals surface area contributed by atoms with Gasteiger partial charge in [0.1, 0.15) is 0 Å². The molecule has 0 aromatic carbocycles. The molecule has 0 heterocycles. The van der Waals surface area contributed by atoms with E-state index in [2.05, 4.69) is 12.2 Å². The van der Waals surface area contributed by atoms with Crippen molar-refractivity contribution in [3.63, 3.8) is 0 Å². The third kappa shape index (κ3) is 4.43. The maximum absolute atomic E-state index is 11.2. The van der Waals surface area contributed by atoms with E-state index in [1.54, 1.807) is 0 Å². The highest BCUT2D eigenvalue weighted by atomic mass is 32.2. The molecule has 1 amide bonds. The van der Waals surface area contributed by atoms with E-state index in [9.17, 15) is 9.90 Å². The van der Waals surface area contributed by atoms with Crippen molar-refractivity contribution in [3.05, 3.63) is 0 Å². The van der Waals surface area contributed by atoms with Gasteiger partial charge in [-0.3, -0.25) is 4.79 Å². The van der Waals surface area contributed by atoms with Gasteiger partial charge in [-0.2, -0.15) is 11.8 Å². The second-order valence-electron chi connectivity index (χ2n) is 4.62. The van der Waals surface area contributed by atoms with E-state index in [1.165, 1.54) is 11.8 Å². The van der Waals surface area contributed by atoms with Gasteiger partial charge in [0.05, 0.1) is 11.4 Å². The lowest BCUT2D eigenvalue weighted by Crippen LogP contribution is -2.45. The normalized spacial score (nSPS) is 31.3. The minimum atomic E-state index is -0.652. The second-order valence-corrected chi connectivity index (χ2v) is 5.48. The molecule has 1 aliphatic rings. The molecule has 3 nitrogen and oxygen atoms in total. The summed E-state index contributed by atoms with van der Waals surface area (Å²) >= 11 is 1.50. The standard InChI is InChI=1S/C11H21NO2S/c1-9-3-5-11(14,6-4-9)8-12-10(13)7-15-2/h9,14H,3-8H2,1-2H3,(H,12,13). The number of hydrogen-bond acceptors (Lipinski definition) is 3. The maximum atomic E-state index is 11.2. The first-order valence-electron chi connectivity index (χ1n) is 5.54. The molecule has 2 N–H and O–H groups in total. The van der Waals surface area contributed by atoms with Crippen molar-refractivity contribution >= 4 is 17.7 Å². The Hall–Kier alpha value is -0.220. The number of nitrogens with one attached hydrogen (secondary N) is 1. The van der Waals surface area contributed by atoms with E-state index >= 15 is 0 Å². The van der Waals surface area contributed by atoms with Crippen LogP contribution in [0.1, 0.15) is 32.6 Å². The van der Waals surface area contributed by atoms with E-state index in [-0.39, 0.29) is 5.91 Å². The topological polar surface area (TPSA) is 49.3 Å². The molecule has 1 saturated carbocycles. The smallest absolute Gasteiger partial charge is 0.230 e. The minimum Gasteiger partial charge on any atom is -0.388 e. The summed E-state index contributed by atoms with van der Waals surface area (Å²) < 4.78 is 0. The molecule has 0 saturated heterocycles. The van der Waals surface area contributed by atoms with Gasteiger partial charge in [-0.15, -0.1) is 0 Å². The highest BCUT2D eigenvalue weighted by Gasteiger charge is 2.31. The Kier molecular flexibility index (Phi) is 4.93. The van der Waals surface area contributed by atoms with Gasteiger partial charge in [-0.05, 0) is 37.9 Å². The van der Waals surface area contributed by atoms with E-state index in [1.807, 2.05) is 6.26 Å². The summed E-state index contributed by atoms with van der Waals surface area (Å²) in [6.07, 6.45) is 5.65. The van der Waals surface area contributed by atoms with Crippen LogP contribution < -0.4 is 5.32 Å². The Morgan fingerprint density at radius 3 is 2.67 bits per heavy atom. The Morgan fingerprint density at radius 1 is 1.53 bits per heavy atom. The number of rotatable bonds is 4. The molecule has 0 aliphatic heterocycles. The predicted octanol–water partition coefficient (Wildman–Crippen LogP) is 1.41. The molecule has 15 heavy (non-hydrogen) atoms. The first-order chi connectivity index (χ1) is 7.06. The van der Waals surface area contributed by atoms with Gasteiger partial charge >= 0.3 is 0 Å². The van der Waals surface area contributed by atoms with Crippen LogP contribution in [-0.4, -0.2) is 35.2 Å². The molecule has 0 aromatic heterocycles. The molecule has 4 heteroatoms. The van der Waals surface area contributed by atoms with Crippen LogP contribution >= 0.6 is 11.8 Å². The summed E-state index contributed by atoms with van der Waals surface area (Å²) in [5, 5.41) is 13.0. The quantitative estimate of drug-likeness (QED) is 0.769. The fraction of sp³-hybridized carbons (Fsp3) is 0.909. The van der Waals surface area contributed by atoms with Gasteiger partial charge in [0.25, 0.3) is 0 Å². The number of carbonyl (C=O) groups is 1. The van der Waals surface area contributed by atoms with Crippen LogP contribution in [0.4, 0.5) is 0 Å². The van der Waals surface area contributed by atoms with Crippen molar-refractivity contribution in [1.82, 2.24) is 5.32 Å². The van der Waals surface area contributed by atoms with Crippen molar-refractivity contribution in [3.8, 4) is 0 Å². The Labute approximate surface area is 96.0 Å². The van der Waals surface area contributed by atoms with Crippen molar-refractivity contribution < 1.29 is 9.90 Å². The Balaban J connectivity index is 2.27. The molecule has 0 unspecified atom stereocenters. The molecule has 0 atom stereocenters. The molecule has 0 radical (unpaired) electrons. The number of carbonyl (C=O) groups excluding carboxylic acids is 1. The lowest BCUT2D eigenvalue weighted by molar-refractivity contribution is -0.120. The van der Waals surface area contributed by atoms with Crippen LogP contribution in [0.5, 0.6) is 0 Å². The SMILES string of the molecule is CSCC(=O)NCC1(O)CCC(C)CC1. The summed E-state index contributed by atoms with van der Waals surface area (Å²) in [7, 11) is 0. The monoisotopic (exact) mass is 231 g/mol. The van der Waals surface area contributed by atoms with Crippen molar-refractivity contribution in [2.24, 2.45) is 5.92 Å². The third-order valence-corrected chi connectivity index (χ3v) is 3.65. The fourth-order valence-corrected chi connectivity index (χ4v) is 2.29. The zero-order valence-corrected chi connectivity index (χ0v) is 10.4. The van der Waals surface area contributed by atoms with Gasteiger partial charge < -0.3 is 10.4 Å². The highest BCUT2D eigenvalue weighted by molar-refractivity contribution is 7.99. The van der Waals surface area contributed by atoms with Crippen molar-refractivity contribution in [2.45, 2.75) is 38.2 Å². The van der Waals surface area contributed by atoms with Gasteiger partial charge in [-0.1, -0.05) is 6.92 Å². The average molecular weight is 231 g/mol. The molecule has 0 spiro atoms. The van der Waals surface area contributed by atoms with Crippen LogP contribution in [0.15, 0.2) is 0 Å². The van der Waals surface area contributed by atoms with E-state index < -0.39 is 5.60 Å². The molecule has 0 aromatic rings.